The molecule has 0 spiro atoms. The fraction of sp³-hybridized carbons (Fsp3) is 0.455. The van der Waals surface area contributed by atoms with E-state index in [1.54, 1.807) is 0 Å². The molecule has 1 saturated heterocycles. The first-order valence-electron chi connectivity index (χ1n) is 10.8. The van der Waals surface area contributed by atoms with Gasteiger partial charge in [-0.3, -0.25) is 0 Å². The average Bonchev–Trinajstić information content (AvgIpc) is 2.79. The Morgan fingerprint density at radius 2 is 1.66 bits per heavy atom. The summed E-state index contributed by atoms with van der Waals surface area (Å²) >= 11 is 0. The van der Waals surface area contributed by atoms with Gasteiger partial charge in [0.1, 0.15) is 10.6 Å². The summed E-state index contributed by atoms with van der Waals surface area (Å²) in [6.45, 7) is -0.323. The third-order valence-electron chi connectivity index (χ3n) is 7.37. The summed E-state index contributed by atoms with van der Waals surface area (Å²) in [6, 6.07) is 3.85. The van der Waals surface area contributed by atoms with Crippen LogP contribution in [-0.2, 0) is 30.8 Å². The number of nitrogens with one attached hydrogen (secondary N) is 1. The number of rotatable bonds is 2. The minimum absolute atomic E-state index is 0.00958. The number of fused-ring (bicyclic) bond motifs is 5. The van der Waals surface area contributed by atoms with Gasteiger partial charge in [0, 0.05) is 12.0 Å². The molecule has 4 atom stereocenters. The van der Waals surface area contributed by atoms with Crippen molar-refractivity contribution in [3.63, 3.8) is 0 Å². The van der Waals surface area contributed by atoms with Crippen molar-refractivity contribution < 1.29 is 43.5 Å². The molecular formula is C22H20F5NO5S2. The van der Waals surface area contributed by atoms with E-state index in [4.69, 9.17) is 4.74 Å². The second kappa shape index (κ2) is 7.87. The van der Waals surface area contributed by atoms with Crippen LogP contribution in [0.3, 0.4) is 0 Å². The van der Waals surface area contributed by atoms with Crippen LogP contribution in [0.2, 0.25) is 0 Å². The molecule has 2 aromatic rings. The highest BCUT2D eigenvalue weighted by Gasteiger charge is 2.63. The monoisotopic (exact) mass is 537 g/mol. The predicted octanol–water partition coefficient (Wildman–Crippen LogP) is 3.76. The molecule has 5 rings (SSSR count). The van der Waals surface area contributed by atoms with Gasteiger partial charge in [0.2, 0.25) is 10.0 Å². The molecule has 35 heavy (non-hydrogen) atoms. The zero-order valence-corrected chi connectivity index (χ0v) is 19.6. The Labute approximate surface area is 198 Å². The molecule has 1 N–H and O–H groups in total. The fourth-order valence-corrected chi connectivity index (χ4v) is 9.69. The number of benzene rings is 2. The van der Waals surface area contributed by atoms with Crippen molar-refractivity contribution in [2.75, 3.05) is 12.4 Å². The van der Waals surface area contributed by atoms with Crippen LogP contribution in [-0.4, -0.2) is 35.2 Å². The highest BCUT2D eigenvalue weighted by Crippen LogP contribution is 2.59. The maximum Gasteiger partial charge on any atom is 0.416 e. The molecule has 1 aliphatic carbocycles. The molecule has 2 fully saturated rings. The Bertz CT molecular complexity index is 1390. The number of sulfonamides is 1. The van der Waals surface area contributed by atoms with Crippen LogP contribution in [0, 0.1) is 23.5 Å². The van der Waals surface area contributed by atoms with Gasteiger partial charge in [0.15, 0.2) is 21.4 Å². The second-order valence-corrected chi connectivity index (χ2v) is 13.2. The molecule has 0 amide bonds. The number of ether oxygens (including phenoxy) is 1. The van der Waals surface area contributed by atoms with Gasteiger partial charge in [-0.25, -0.2) is 30.3 Å². The SMILES string of the molecule is O=S1(=O)CC[C@H]2[C@H](CC[C@]3(S(=O)(=O)c4ccc(C(F)(F)F)cc4)c4c(F)ccc(F)c4OC[C@H]23)N1. The topological polar surface area (TPSA) is 89.5 Å². The molecule has 2 aromatic carbocycles. The normalized spacial score (nSPS) is 29.9. The van der Waals surface area contributed by atoms with E-state index in [0.717, 1.165) is 24.3 Å². The van der Waals surface area contributed by atoms with Gasteiger partial charge in [-0.05, 0) is 61.6 Å². The van der Waals surface area contributed by atoms with E-state index in [9.17, 15) is 34.4 Å². The predicted molar refractivity (Wildman–Crippen MR) is 114 cm³/mol. The largest absolute Gasteiger partial charge is 0.490 e. The van der Waals surface area contributed by atoms with Crippen molar-refractivity contribution in [1.82, 2.24) is 4.72 Å². The van der Waals surface area contributed by atoms with Crippen LogP contribution in [0.1, 0.15) is 30.4 Å². The van der Waals surface area contributed by atoms with Crippen molar-refractivity contribution >= 4 is 19.9 Å². The lowest BCUT2D eigenvalue weighted by Crippen LogP contribution is -2.62. The lowest BCUT2D eigenvalue weighted by atomic mass is 9.64. The summed E-state index contributed by atoms with van der Waals surface area (Å²) in [6.07, 6.45) is -4.89. The standard InChI is InChI=1S/C22H20F5NO5S2/c23-16-5-6-17(24)20-19(16)21(35(31,32)13-3-1-12(2-4-13)22(25,26)27)9-7-18-14(15(21)11-33-20)8-10-34(29,30)28-18/h1-6,14-15,18,28H,7-11H2/t14-,15-,18+,21-/m1/s1. The Morgan fingerprint density at radius 3 is 2.31 bits per heavy atom. The van der Waals surface area contributed by atoms with E-state index in [1.807, 2.05) is 0 Å². The molecule has 0 bridgehead atoms. The third kappa shape index (κ3) is 3.65. The Kier molecular flexibility index (Phi) is 5.50. The summed E-state index contributed by atoms with van der Waals surface area (Å²) in [7, 11) is -8.18. The lowest BCUT2D eigenvalue weighted by Gasteiger charge is -2.54. The Morgan fingerprint density at radius 1 is 1.00 bits per heavy atom. The summed E-state index contributed by atoms with van der Waals surface area (Å²) < 4.78 is 128. The molecule has 2 aliphatic heterocycles. The van der Waals surface area contributed by atoms with Crippen molar-refractivity contribution in [2.24, 2.45) is 11.8 Å². The molecular weight excluding hydrogens is 517 g/mol. The summed E-state index contributed by atoms with van der Waals surface area (Å²) in [5.74, 6) is -4.36. The van der Waals surface area contributed by atoms with Gasteiger partial charge in [0.25, 0.3) is 0 Å². The maximum atomic E-state index is 15.3. The number of alkyl halides is 3. The minimum atomic E-state index is -4.69. The molecule has 0 radical (unpaired) electrons. The van der Waals surface area contributed by atoms with E-state index in [-0.39, 0.29) is 31.6 Å². The number of halogens is 5. The molecule has 0 aromatic heterocycles. The first-order valence-corrected chi connectivity index (χ1v) is 13.9. The lowest BCUT2D eigenvalue weighted by molar-refractivity contribution is -0.137. The van der Waals surface area contributed by atoms with E-state index in [1.165, 1.54) is 0 Å². The van der Waals surface area contributed by atoms with Gasteiger partial charge in [0.05, 0.1) is 28.4 Å². The van der Waals surface area contributed by atoms with Gasteiger partial charge >= 0.3 is 6.18 Å². The van der Waals surface area contributed by atoms with Crippen molar-refractivity contribution in [2.45, 2.75) is 41.1 Å². The summed E-state index contributed by atoms with van der Waals surface area (Å²) in [5.41, 5.74) is -1.55. The summed E-state index contributed by atoms with van der Waals surface area (Å²) in [4.78, 5) is -0.471. The molecule has 13 heteroatoms. The van der Waals surface area contributed by atoms with Gasteiger partial charge < -0.3 is 4.74 Å². The maximum absolute atomic E-state index is 15.3. The van der Waals surface area contributed by atoms with Gasteiger partial charge in [-0.1, -0.05) is 0 Å². The van der Waals surface area contributed by atoms with Crippen LogP contribution in [0.5, 0.6) is 5.75 Å². The molecule has 3 aliphatic rings. The first-order chi connectivity index (χ1) is 16.3. The van der Waals surface area contributed by atoms with E-state index in [2.05, 4.69) is 4.72 Å². The fourth-order valence-electron chi connectivity index (χ4n) is 5.84. The highest BCUT2D eigenvalue weighted by atomic mass is 32.2. The van der Waals surface area contributed by atoms with Crippen molar-refractivity contribution in [1.29, 1.82) is 0 Å². The van der Waals surface area contributed by atoms with Crippen molar-refractivity contribution in [3.05, 3.63) is 59.2 Å². The number of hydrogen-bond acceptors (Lipinski definition) is 5. The average molecular weight is 538 g/mol. The molecule has 1 saturated carbocycles. The second-order valence-electron chi connectivity index (χ2n) is 9.10. The highest BCUT2D eigenvalue weighted by molar-refractivity contribution is 7.92. The third-order valence-corrected chi connectivity index (χ3v) is 11.4. The quantitative estimate of drug-likeness (QED) is 0.590. The number of hydrogen-bond donors (Lipinski definition) is 1. The molecule has 6 nitrogen and oxygen atoms in total. The van der Waals surface area contributed by atoms with E-state index < -0.39 is 82.1 Å². The Balaban J connectivity index is 1.72. The Hall–Kier alpha value is -2.25. The molecule has 0 unspecified atom stereocenters. The van der Waals surface area contributed by atoms with Crippen molar-refractivity contribution in [3.8, 4) is 5.75 Å². The van der Waals surface area contributed by atoms with Crippen LogP contribution in [0.4, 0.5) is 22.0 Å². The first kappa shape index (κ1) is 24.4. The van der Waals surface area contributed by atoms with Crippen LogP contribution >= 0.6 is 0 Å². The van der Waals surface area contributed by atoms with E-state index in [0.29, 0.717) is 12.1 Å². The van der Waals surface area contributed by atoms with Gasteiger partial charge in [-0.2, -0.15) is 13.2 Å². The number of sulfone groups is 1. The van der Waals surface area contributed by atoms with Gasteiger partial charge in [-0.15, -0.1) is 0 Å². The van der Waals surface area contributed by atoms with E-state index >= 15 is 4.39 Å². The summed E-state index contributed by atoms with van der Waals surface area (Å²) in [5, 5.41) is 0. The van der Waals surface area contributed by atoms with Crippen LogP contribution in [0.25, 0.3) is 0 Å². The van der Waals surface area contributed by atoms with Crippen LogP contribution in [0.15, 0.2) is 41.3 Å². The molecule has 2 heterocycles. The smallest absolute Gasteiger partial charge is 0.416 e. The zero-order chi connectivity index (χ0) is 25.4. The minimum Gasteiger partial charge on any atom is -0.490 e. The molecule has 190 valence electrons. The zero-order valence-electron chi connectivity index (χ0n) is 18.0. The van der Waals surface area contributed by atoms with Crippen LogP contribution < -0.4 is 9.46 Å².